The highest BCUT2D eigenvalue weighted by Crippen LogP contribution is 2.29. The third kappa shape index (κ3) is 5.59. The van der Waals surface area contributed by atoms with Crippen LogP contribution in [0.15, 0.2) is 48.5 Å². The van der Waals surface area contributed by atoms with Gasteiger partial charge < -0.3 is 14.8 Å². The highest BCUT2D eigenvalue weighted by atomic mass is 19.3. The molecule has 1 amide bonds. The lowest BCUT2D eigenvalue weighted by Gasteiger charge is -2.12. The summed E-state index contributed by atoms with van der Waals surface area (Å²) in [5.74, 6) is 0.0757. The van der Waals surface area contributed by atoms with Crippen molar-refractivity contribution < 1.29 is 23.0 Å². The number of methoxy groups -OCH3 is 1. The maximum absolute atomic E-state index is 12.6. The molecule has 1 heterocycles. The fourth-order valence-corrected chi connectivity index (χ4v) is 3.39. The lowest BCUT2D eigenvalue weighted by atomic mass is 10.1. The fourth-order valence-electron chi connectivity index (χ4n) is 3.39. The maximum atomic E-state index is 12.6. The molecule has 0 fully saturated rings. The van der Waals surface area contributed by atoms with E-state index in [1.807, 2.05) is 48.9 Å². The topological polar surface area (TPSA) is 65.4 Å². The second-order valence-corrected chi connectivity index (χ2v) is 7.04. The number of hydrogen-bond donors (Lipinski definition) is 1. The number of halogens is 2. The average molecular weight is 429 g/mol. The van der Waals surface area contributed by atoms with E-state index in [4.69, 9.17) is 4.74 Å². The summed E-state index contributed by atoms with van der Waals surface area (Å²) in [7, 11) is 1.39. The molecule has 8 heteroatoms. The van der Waals surface area contributed by atoms with E-state index in [0.717, 1.165) is 28.2 Å². The van der Waals surface area contributed by atoms with Gasteiger partial charge in [-0.3, -0.25) is 4.79 Å². The highest BCUT2D eigenvalue weighted by molar-refractivity contribution is 5.79. The van der Waals surface area contributed by atoms with Crippen LogP contribution in [0.3, 0.4) is 0 Å². The van der Waals surface area contributed by atoms with Crippen LogP contribution in [0.5, 0.6) is 11.5 Å². The molecule has 0 spiro atoms. The number of alkyl halides is 2. The van der Waals surface area contributed by atoms with Crippen LogP contribution < -0.4 is 14.8 Å². The minimum Gasteiger partial charge on any atom is -0.493 e. The van der Waals surface area contributed by atoms with Gasteiger partial charge in [0.2, 0.25) is 5.91 Å². The van der Waals surface area contributed by atoms with Crippen LogP contribution in [-0.2, 0) is 17.6 Å². The Hall–Kier alpha value is -3.42. The number of benzene rings is 2. The van der Waals surface area contributed by atoms with Crippen molar-refractivity contribution in [3.8, 4) is 17.2 Å². The first kappa shape index (κ1) is 22.3. The van der Waals surface area contributed by atoms with Crippen LogP contribution >= 0.6 is 0 Å². The van der Waals surface area contributed by atoms with Crippen LogP contribution in [-0.4, -0.2) is 36.0 Å². The number of hydrogen-bond acceptors (Lipinski definition) is 4. The minimum absolute atomic E-state index is 0.0269. The predicted octanol–water partition coefficient (Wildman–Crippen LogP) is 4.00. The Morgan fingerprint density at radius 2 is 1.87 bits per heavy atom. The number of amides is 1. The van der Waals surface area contributed by atoms with Gasteiger partial charge in [0.05, 0.1) is 24.9 Å². The molecule has 0 bridgehead atoms. The summed E-state index contributed by atoms with van der Waals surface area (Å²) in [5.41, 5.74) is 4.30. The Morgan fingerprint density at radius 1 is 1.13 bits per heavy atom. The number of rotatable bonds is 9. The van der Waals surface area contributed by atoms with E-state index < -0.39 is 6.61 Å². The first-order chi connectivity index (χ1) is 14.9. The summed E-state index contributed by atoms with van der Waals surface area (Å²) in [6.07, 6.45) is 0.684. The van der Waals surface area contributed by atoms with Crippen molar-refractivity contribution in [3.63, 3.8) is 0 Å². The van der Waals surface area contributed by atoms with E-state index in [1.165, 1.54) is 13.2 Å². The summed E-state index contributed by atoms with van der Waals surface area (Å²) in [6, 6.07) is 14.6. The van der Waals surface area contributed by atoms with E-state index >= 15 is 0 Å². The first-order valence-electron chi connectivity index (χ1n) is 9.88. The van der Waals surface area contributed by atoms with Gasteiger partial charge in [-0.25, -0.2) is 4.68 Å². The molecule has 1 N–H and O–H groups in total. The van der Waals surface area contributed by atoms with E-state index in [2.05, 4.69) is 15.2 Å². The van der Waals surface area contributed by atoms with Crippen molar-refractivity contribution >= 4 is 5.91 Å². The zero-order chi connectivity index (χ0) is 22.4. The summed E-state index contributed by atoms with van der Waals surface area (Å²) in [5, 5.41) is 7.44. The van der Waals surface area contributed by atoms with Crippen LogP contribution in [0.25, 0.3) is 5.69 Å². The molecule has 0 unspecified atom stereocenters. The van der Waals surface area contributed by atoms with Gasteiger partial charge >= 0.3 is 6.61 Å². The molecule has 3 rings (SSSR count). The summed E-state index contributed by atoms with van der Waals surface area (Å²) >= 11 is 0. The van der Waals surface area contributed by atoms with E-state index in [-0.39, 0.29) is 23.8 Å². The molecule has 6 nitrogen and oxygen atoms in total. The zero-order valence-electron chi connectivity index (χ0n) is 17.7. The standard InChI is InChI=1S/C23H25F2N3O3/c1-15-19(16(2)28(27-15)18-7-5-4-6-8-18)14-22(29)26-12-11-17-9-10-20(30-3)21(13-17)31-23(24)25/h4-10,13,23H,11-12,14H2,1-3H3,(H,26,29). The predicted molar refractivity (Wildman–Crippen MR) is 113 cm³/mol. The Kier molecular flexibility index (Phi) is 7.23. The Morgan fingerprint density at radius 3 is 2.55 bits per heavy atom. The van der Waals surface area contributed by atoms with Gasteiger partial charge in [-0.1, -0.05) is 24.3 Å². The average Bonchev–Trinajstić information content (AvgIpc) is 3.02. The Bertz CT molecular complexity index is 1040. The first-order valence-corrected chi connectivity index (χ1v) is 9.88. The number of ether oxygens (including phenoxy) is 2. The molecule has 0 saturated carbocycles. The number of carbonyl (C=O) groups is 1. The molecule has 3 aromatic rings. The molecule has 0 aliphatic rings. The number of para-hydroxylation sites is 1. The lowest BCUT2D eigenvalue weighted by molar-refractivity contribution is -0.120. The number of aryl methyl sites for hydroxylation is 1. The van der Waals surface area contributed by atoms with Crippen LogP contribution in [0.4, 0.5) is 8.78 Å². The minimum atomic E-state index is -2.94. The fraction of sp³-hybridized carbons (Fsp3) is 0.304. The number of nitrogens with one attached hydrogen (secondary N) is 1. The van der Waals surface area contributed by atoms with Gasteiger partial charge in [-0.2, -0.15) is 13.9 Å². The third-order valence-electron chi connectivity index (χ3n) is 4.96. The monoisotopic (exact) mass is 429 g/mol. The molecule has 0 aliphatic carbocycles. The van der Waals surface area contributed by atoms with Gasteiger partial charge in [0.1, 0.15) is 0 Å². The van der Waals surface area contributed by atoms with Gasteiger partial charge in [-0.15, -0.1) is 0 Å². The molecule has 31 heavy (non-hydrogen) atoms. The summed E-state index contributed by atoms with van der Waals surface area (Å²) < 4.78 is 36.5. The number of nitrogens with zero attached hydrogens (tertiary/aromatic N) is 2. The van der Waals surface area contributed by atoms with E-state index in [9.17, 15) is 13.6 Å². The lowest BCUT2D eigenvalue weighted by Crippen LogP contribution is -2.27. The number of carbonyl (C=O) groups excluding carboxylic acids is 1. The molecule has 1 aromatic heterocycles. The Balaban J connectivity index is 1.60. The second-order valence-electron chi connectivity index (χ2n) is 7.04. The van der Waals surface area contributed by atoms with Crippen molar-refractivity contribution in [2.75, 3.05) is 13.7 Å². The van der Waals surface area contributed by atoms with Crippen LogP contribution in [0, 0.1) is 13.8 Å². The normalized spacial score (nSPS) is 10.9. The van der Waals surface area contributed by atoms with Crippen LogP contribution in [0.1, 0.15) is 22.5 Å². The Labute approximate surface area is 179 Å². The van der Waals surface area contributed by atoms with Crippen molar-refractivity contribution in [1.29, 1.82) is 0 Å². The highest BCUT2D eigenvalue weighted by Gasteiger charge is 2.16. The molecule has 0 saturated heterocycles. The van der Waals surface area contributed by atoms with Gasteiger partial charge in [-0.05, 0) is 50.1 Å². The molecule has 164 valence electrons. The van der Waals surface area contributed by atoms with Gasteiger partial charge in [0.25, 0.3) is 0 Å². The summed E-state index contributed by atoms with van der Waals surface area (Å²) in [4.78, 5) is 12.5. The third-order valence-corrected chi connectivity index (χ3v) is 4.96. The van der Waals surface area contributed by atoms with Crippen LogP contribution in [0.2, 0.25) is 0 Å². The van der Waals surface area contributed by atoms with Crippen molar-refractivity contribution in [3.05, 3.63) is 71.0 Å². The van der Waals surface area contributed by atoms with Crippen molar-refractivity contribution in [1.82, 2.24) is 15.1 Å². The van der Waals surface area contributed by atoms with Gasteiger partial charge in [0.15, 0.2) is 11.5 Å². The molecular formula is C23H25F2N3O3. The maximum Gasteiger partial charge on any atom is 0.387 e. The molecule has 0 aliphatic heterocycles. The van der Waals surface area contributed by atoms with Crippen molar-refractivity contribution in [2.45, 2.75) is 33.3 Å². The molecule has 2 aromatic carbocycles. The van der Waals surface area contributed by atoms with Gasteiger partial charge in [0, 0.05) is 17.8 Å². The van der Waals surface area contributed by atoms with E-state index in [0.29, 0.717) is 13.0 Å². The second kappa shape index (κ2) is 10.1. The largest absolute Gasteiger partial charge is 0.493 e. The van der Waals surface area contributed by atoms with Crippen molar-refractivity contribution in [2.24, 2.45) is 0 Å². The summed E-state index contributed by atoms with van der Waals surface area (Å²) in [6.45, 7) is 1.26. The molecule has 0 atom stereocenters. The quantitative estimate of drug-likeness (QED) is 0.558. The van der Waals surface area contributed by atoms with E-state index in [1.54, 1.807) is 12.1 Å². The SMILES string of the molecule is COc1ccc(CCNC(=O)Cc2c(C)nn(-c3ccccc3)c2C)cc1OC(F)F. The molecular weight excluding hydrogens is 404 g/mol. The molecule has 0 radical (unpaired) electrons. The smallest absolute Gasteiger partial charge is 0.387 e. The number of aromatic nitrogens is 2. The zero-order valence-corrected chi connectivity index (χ0v) is 17.7.